The Hall–Kier alpha value is -2.04. The summed E-state index contributed by atoms with van der Waals surface area (Å²) in [6.45, 7) is 2.82. The topological polar surface area (TPSA) is 77.5 Å². The van der Waals surface area contributed by atoms with Crippen LogP contribution in [0.2, 0.25) is 0 Å². The van der Waals surface area contributed by atoms with Crippen molar-refractivity contribution in [3.63, 3.8) is 0 Å². The summed E-state index contributed by atoms with van der Waals surface area (Å²) in [6.07, 6.45) is 7.29. The maximum atomic E-state index is 10.6. The molecule has 0 bridgehead atoms. The van der Waals surface area contributed by atoms with Crippen LogP contribution in [-0.2, 0) is 11.2 Å². The van der Waals surface area contributed by atoms with E-state index in [1.54, 1.807) is 0 Å². The van der Waals surface area contributed by atoms with Gasteiger partial charge in [0.25, 0.3) is 0 Å². The number of aliphatic carboxylic acids is 1. The van der Waals surface area contributed by atoms with Crippen molar-refractivity contribution in [2.75, 3.05) is 6.54 Å². The minimum absolute atomic E-state index is 0.172. The minimum atomic E-state index is -0.756. The van der Waals surface area contributed by atoms with Crippen LogP contribution in [0.1, 0.15) is 36.1 Å². The summed E-state index contributed by atoms with van der Waals surface area (Å²) < 4.78 is 0. The van der Waals surface area contributed by atoms with Crippen molar-refractivity contribution in [3.8, 4) is 0 Å². The average molecular weight is 273 g/mol. The summed E-state index contributed by atoms with van der Waals surface area (Å²) in [6, 6.07) is 0. The van der Waals surface area contributed by atoms with Crippen LogP contribution < -0.4 is 5.43 Å². The van der Waals surface area contributed by atoms with Gasteiger partial charge in [-0.3, -0.25) is 4.79 Å². The van der Waals surface area contributed by atoms with Gasteiger partial charge < -0.3 is 15.5 Å². The molecule has 3 rings (SSSR count). The highest BCUT2D eigenvalue weighted by Crippen LogP contribution is 2.35. The van der Waals surface area contributed by atoms with Crippen molar-refractivity contribution in [2.45, 2.75) is 32.6 Å². The molecule has 1 aromatic heterocycles. The van der Waals surface area contributed by atoms with E-state index in [1.165, 1.54) is 24.1 Å². The molecular formula is C15H19N3O2. The molecule has 20 heavy (non-hydrogen) atoms. The van der Waals surface area contributed by atoms with Gasteiger partial charge >= 0.3 is 5.97 Å². The highest BCUT2D eigenvalue weighted by atomic mass is 16.4. The maximum absolute atomic E-state index is 10.6. The van der Waals surface area contributed by atoms with E-state index in [2.05, 4.69) is 21.6 Å². The Balaban J connectivity index is 1.77. The summed E-state index contributed by atoms with van der Waals surface area (Å²) >= 11 is 0. The van der Waals surface area contributed by atoms with Crippen LogP contribution in [0.25, 0.3) is 6.08 Å². The number of nitrogens with one attached hydrogen (secondary N) is 2. The zero-order valence-corrected chi connectivity index (χ0v) is 11.6. The summed E-state index contributed by atoms with van der Waals surface area (Å²) in [7, 11) is 0. The Morgan fingerprint density at radius 1 is 1.55 bits per heavy atom. The predicted molar refractivity (Wildman–Crippen MR) is 77.6 cm³/mol. The number of hydrogen-bond donors (Lipinski definition) is 3. The first-order chi connectivity index (χ1) is 9.65. The molecular weight excluding hydrogens is 254 g/mol. The van der Waals surface area contributed by atoms with Crippen LogP contribution in [0.3, 0.4) is 0 Å². The van der Waals surface area contributed by atoms with Gasteiger partial charge in [0, 0.05) is 24.2 Å². The molecule has 0 spiro atoms. The van der Waals surface area contributed by atoms with Gasteiger partial charge in [-0.2, -0.15) is 5.10 Å². The van der Waals surface area contributed by atoms with Crippen LogP contribution in [0.4, 0.5) is 0 Å². The van der Waals surface area contributed by atoms with Crippen LogP contribution in [-0.4, -0.2) is 28.3 Å². The minimum Gasteiger partial charge on any atom is -0.481 e. The number of carboxylic acid groups (broad SMARTS) is 1. The van der Waals surface area contributed by atoms with Crippen LogP contribution in [0.5, 0.6) is 0 Å². The van der Waals surface area contributed by atoms with Gasteiger partial charge in [-0.15, -0.1) is 0 Å². The molecule has 0 amide bonds. The molecule has 0 radical (unpaired) electrons. The first-order valence-electron chi connectivity index (χ1n) is 7.05. The molecule has 1 aromatic rings. The number of aromatic nitrogens is 1. The smallest absolute Gasteiger partial charge is 0.303 e. The number of carboxylic acids is 1. The fraction of sp³-hybridized carbons (Fsp3) is 0.467. The zero-order chi connectivity index (χ0) is 14.1. The van der Waals surface area contributed by atoms with E-state index in [0.29, 0.717) is 12.3 Å². The second-order valence-electron chi connectivity index (χ2n) is 5.52. The number of aryl methyl sites for hydroxylation is 1. The van der Waals surface area contributed by atoms with Crippen LogP contribution >= 0.6 is 0 Å². The highest BCUT2D eigenvalue weighted by molar-refractivity contribution is 6.07. The Labute approximate surface area is 117 Å². The number of rotatable bonds is 5. The number of hydrazone groups is 1. The lowest BCUT2D eigenvalue weighted by Crippen LogP contribution is -2.04. The fourth-order valence-corrected chi connectivity index (χ4v) is 2.59. The third kappa shape index (κ3) is 2.61. The molecule has 0 unspecified atom stereocenters. The van der Waals surface area contributed by atoms with Crippen molar-refractivity contribution in [3.05, 3.63) is 28.6 Å². The summed E-state index contributed by atoms with van der Waals surface area (Å²) in [5.74, 6) is -0.119. The van der Waals surface area contributed by atoms with E-state index in [4.69, 9.17) is 5.11 Å². The van der Waals surface area contributed by atoms with E-state index in [1.807, 2.05) is 13.1 Å². The molecule has 106 valence electrons. The summed E-state index contributed by atoms with van der Waals surface area (Å²) in [4.78, 5) is 13.9. The average Bonchev–Trinajstić information content (AvgIpc) is 3.06. The monoisotopic (exact) mass is 273 g/mol. The first kappa shape index (κ1) is 13.0. The molecule has 1 saturated carbocycles. The standard InChI is InChI=1S/C15H19N3O2/c1-9-11(4-5-14(19)20)7-16-13(9)6-12-8-17-18-15(12)10-2-3-10/h6-7,10,16-17H,2-5,8H2,1H3,(H,19,20). The Bertz CT molecular complexity index is 594. The summed E-state index contributed by atoms with van der Waals surface area (Å²) in [5.41, 5.74) is 8.80. The molecule has 0 saturated heterocycles. The lowest BCUT2D eigenvalue weighted by atomic mass is 10.0. The highest BCUT2D eigenvalue weighted by Gasteiger charge is 2.32. The Morgan fingerprint density at radius 2 is 2.35 bits per heavy atom. The van der Waals surface area contributed by atoms with E-state index in [0.717, 1.165) is 23.4 Å². The van der Waals surface area contributed by atoms with Gasteiger partial charge in [0.1, 0.15) is 0 Å². The zero-order valence-electron chi connectivity index (χ0n) is 11.6. The normalized spacial score (nSPS) is 20.1. The van der Waals surface area contributed by atoms with Gasteiger partial charge in [0.15, 0.2) is 0 Å². The first-order valence-corrected chi connectivity index (χ1v) is 7.05. The largest absolute Gasteiger partial charge is 0.481 e. The van der Waals surface area contributed by atoms with Crippen molar-refractivity contribution >= 4 is 17.8 Å². The Morgan fingerprint density at radius 3 is 3.05 bits per heavy atom. The molecule has 0 atom stereocenters. The van der Waals surface area contributed by atoms with Gasteiger partial charge in [-0.1, -0.05) is 0 Å². The molecule has 2 aliphatic rings. The molecule has 0 aromatic carbocycles. The van der Waals surface area contributed by atoms with Crippen molar-refractivity contribution in [2.24, 2.45) is 11.0 Å². The molecule has 1 aliphatic carbocycles. The summed E-state index contributed by atoms with van der Waals surface area (Å²) in [5, 5.41) is 13.1. The van der Waals surface area contributed by atoms with E-state index < -0.39 is 5.97 Å². The molecule has 1 fully saturated rings. The third-order valence-corrected chi connectivity index (χ3v) is 3.98. The lowest BCUT2D eigenvalue weighted by Gasteiger charge is -2.01. The SMILES string of the molecule is Cc1c(CCC(=O)O)c[nH]c1C=C1CNN=C1C1CC1. The fourth-order valence-electron chi connectivity index (χ4n) is 2.59. The second kappa shape index (κ2) is 5.15. The van der Waals surface area contributed by atoms with Crippen LogP contribution in [0.15, 0.2) is 16.9 Å². The lowest BCUT2D eigenvalue weighted by molar-refractivity contribution is -0.136. The quantitative estimate of drug-likeness (QED) is 0.768. The van der Waals surface area contributed by atoms with Gasteiger partial charge in [-0.05, 0) is 49.0 Å². The predicted octanol–water partition coefficient (Wildman–Crippen LogP) is 2.09. The molecule has 2 heterocycles. The van der Waals surface area contributed by atoms with Gasteiger partial charge in [-0.25, -0.2) is 0 Å². The molecule has 3 N–H and O–H groups in total. The van der Waals surface area contributed by atoms with Crippen molar-refractivity contribution in [1.29, 1.82) is 0 Å². The van der Waals surface area contributed by atoms with E-state index >= 15 is 0 Å². The molecule has 5 heteroatoms. The number of aromatic amines is 1. The number of carbonyl (C=O) groups is 1. The molecule has 1 aliphatic heterocycles. The van der Waals surface area contributed by atoms with Crippen molar-refractivity contribution < 1.29 is 9.90 Å². The Kier molecular flexibility index (Phi) is 3.34. The number of hydrogen-bond acceptors (Lipinski definition) is 3. The third-order valence-electron chi connectivity index (χ3n) is 3.98. The van der Waals surface area contributed by atoms with Gasteiger partial charge in [0.05, 0.1) is 12.3 Å². The number of nitrogens with zero attached hydrogens (tertiary/aromatic N) is 1. The molecule has 5 nitrogen and oxygen atoms in total. The maximum Gasteiger partial charge on any atom is 0.303 e. The van der Waals surface area contributed by atoms with Crippen LogP contribution in [0, 0.1) is 12.8 Å². The number of H-pyrrole nitrogens is 1. The van der Waals surface area contributed by atoms with E-state index in [-0.39, 0.29) is 6.42 Å². The second-order valence-corrected chi connectivity index (χ2v) is 5.52. The van der Waals surface area contributed by atoms with Gasteiger partial charge in [0.2, 0.25) is 0 Å². The van der Waals surface area contributed by atoms with Crippen molar-refractivity contribution in [1.82, 2.24) is 10.4 Å². The van der Waals surface area contributed by atoms with E-state index in [9.17, 15) is 4.79 Å².